The van der Waals surface area contributed by atoms with Crippen LogP contribution in [-0.4, -0.2) is 14.9 Å². The molecule has 0 radical (unpaired) electrons. The van der Waals surface area contributed by atoms with E-state index in [1.54, 1.807) is 0 Å². The van der Waals surface area contributed by atoms with Crippen molar-refractivity contribution in [3.63, 3.8) is 0 Å². The van der Waals surface area contributed by atoms with E-state index in [9.17, 15) is 0 Å². The Morgan fingerprint density at radius 3 is 1.25 bits per heavy atom. The smallest absolute Gasteiger partial charge is 0.189 e. The molecule has 0 rings (SSSR count). The molecule has 0 unspecified atom stereocenters. The van der Waals surface area contributed by atoms with Crippen molar-refractivity contribution in [2.24, 2.45) is 0 Å². The molecule has 0 aliphatic heterocycles. The Morgan fingerprint density at radius 2 is 0.917 bits per heavy atom. The van der Waals surface area contributed by atoms with Gasteiger partial charge in [0.2, 0.25) is 0 Å². The van der Waals surface area contributed by atoms with E-state index >= 15 is 0 Å². The normalized spacial score (nSPS) is 12.2. The van der Waals surface area contributed by atoms with Crippen LogP contribution in [0.2, 0.25) is 18.6 Å². The van der Waals surface area contributed by atoms with Gasteiger partial charge in [0, 0.05) is 6.61 Å². The minimum absolute atomic E-state index is 0.730. The fourth-order valence-electron chi connectivity index (χ4n) is 2.98. The molecule has 0 aromatic rings. The van der Waals surface area contributed by atoms with Gasteiger partial charge in [-0.3, -0.25) is 0 Å². The van der Waals surface area contributed by atoms with Crippen molar-refractivity contribution in [2.45, 2.75) is 136 Å². The fourth-order valence-corrected chi connectivity index (χ4v) is 3.98. The van der Waals surface area contributed by atoms with Crippen LogP contribution in [0.4, 0.5) is 0 Å². The van der Waals surface area contributed by atoms with E-state index < -0.39 is 8.32 Å². The van der Waals surface area contributed by atoms with Gasteiger partial charge in [-0.2, -0.15) is 0 Å². The van der Waals surface area contributed by atoms with E-state index in [0.29, 0.717) is 0 Å². The first-order chi connectivity index (χ1) is 11.5. The molecule has 0 heterocycles. The van der Waals surface area contributed by atoms with E-state index in [0.717, 1.165) is 12.1 Å². The Labute approximate surface area is 155 Å². The molecule has 0 aromatic carbocycles. The van der Waals surface area contributed by atoms with E-state index in [-0.39, 0.29) is 0 Å². The fraction of sp³-hybridized carbons (Fsp3) is 1.00. The maximum absolute atomic E-state index is 6.14. The first-order valence-corrected chi connectivity index (χ1v) is 14.1. The molecule has 2 heteroatoms. The minimum Gasteiger partial charge on any atom is -0.417 e. The SMILES string of the molecule is CCCCCCCCCCCCCCCCCO[Si](C)(C)C(C)C. The summed E-state index contributed by atoms with van der Waals surface area (Å²) in [4.78, 5) is 0. The van der Waals surface area contributed by atoms with Gasteiger partial charge in [-0.15, -0.1) is 0 Å². The van der Waals surface area contributed by atoms with Crippen LogP contribution in [0.15, 0.2) is 0 Å². The van der Waals surface area contributed by atoms with Gasteiger partial charge in [0.25, 0.3) is 0 Å². The zero-order valence-electron chi connectivity index (χ0n) is 17.8. The lowest BCUT2D eigenvalue weighted by atomic mass is 10.0. The van der Waals surface area contributed by atoms with Crippen molar-refractivity contribution in [1.29, 1.82) is 0 Å². The highest BCUT2D eigenvalue weighted by Gasteiger charge is 2.26. The monoisotopic (exact) mass is 356 g/mol. The highest BCUT2D eigenvalue weighted by atomic mass is 28.4. The zero-order chi connectivity index (χ0) is 18.1. The summed E-state index contributed by atoms with van der Waals surface area (Å²) in [7, 11) is -1.39. The largest absolute Gasteiger partial charge is 0.417 e. The predicted octanol–water partition coefficient (Wildman–Crippen LogP) is 8.49. The average Bonchev–Trinajstić information content (AvgIpc) is 2.54. The van der Waals surface area contributed by atoms with Crippen LogP contribution in [0.1, 0.15) is 117 Å². The molecule has 0 N–H and O–H groups in total. The summed E-state index contributed by atoms with van der Waals surface area (Å²) in [5.74, 6) is 0. The summed E-state index contributed by atoms with van der Waals surface area (Å²) in [6.45, 7) is 12.6. The Bertz CT molecular complexity index is 250. The first-order valence-electron chi connectivity index (χ1n) is 11.1. The number of rotatable bonds is 18. The van der Waals surface area contributed by atoms with Crippen molar-refractivity contribution >= 4 is 8.32 Å². The lowest BCUT2D eigenvalue weighted by Crippen LogP contribution is -2.34. The van der Waals surface area contributed by atoms with Gasteiger partial charge < -0.3 is 4.43 Å². The van der Waals surface area contributed by atoms with Crippen LogP contribution in [0.5, 0.6) is 0 Å². The summed E-state index contributed by atoms with van der Waals surface area (Å²) in [6, 6.07) is 0. The van der Waals surface area contributed by atoms with Gasteiger partial charge in [-0.25, -0.2) is 0 Å². The van der Waals surface area contributed by atoms with Gasteiger partial charge in [0.05, 0.1) is 0 Å². The molecular formula is C22H48OSi. The van der Waals surface area contributed by atoms with Gasteiger partial charge >= 0.3 is 0 Å². The van der Waals surface area contributed by atoms with Crippen molar-refractivity contribution in [3.8, 4) is 0 Å². The van der Waals surface area contributed by atoms with Gasteiger partial charge in [-0.05, 0) is 25.1 Å². The summed E-state index contributed by atoms with van der Waals surface area (Å²) in [6.07, 6.45) is 21.4. The van der Waals surface area contributed by atoms with Gasteiger partial charge in [-0.1, -0.05) is 111 Å². The van der Waals surface area contributed by atoms with Crippen LogP contribution in [-0.2, 0) is 4.43 Å². The molecule has 0 saturated carbocycles. The molecule has 146 valence electrons. The Kier molecular flexibility index (Phi) is 16.8. The third kappa shape index (κ3) is 15.7. The van der Waals surface area contributed by atoms with Crippen molar-refractivity contribution < 1.29 is 4.43 Å². The molecule has 0 amide bonds. The van der Waals surface area contributed by atoms with E-state index in [2.05, 4.69) is 33.9 Å². The molecule has 0 saturated heterocycles. The molecule has 0 bridgehead atoms. The molecule has 0 fully saturated rings. The van der Waals surface area contributed by atoms with Crippen molar-refractivity contribution in [3.05, 3.63) is 0 Å². The standard InChI is InChI=1S/C22H48OSi/c1-6-7-8-9-10-11-12-13-14-15-16-17-18-19-20-21-23-24(4,5)22(2)3/h22H,6-21H2,1-5H3. The second kappa shape index (κ2) is 16.6. The first kappa shape index (κ1) is 24.2. The maximum atomic E-state index is 6.14. The van der Waals surface area contributed by atoms with E-state index in [4.69, 9.17) is 4.43 Å². The Hall–Kier alpha value is 0.177. The average molecular weight is 357 g/mol. The quantitative estimate of drug-likeness (QED) is 0.177. The third-order valence-electron chi connectivity index (χ3n) is 5.61. The Balaban J connectivity index is 3.13. The van der Waals surface area contributed by atoms with Crippen LogP contribution in [0.3, 0.4) is 0 Å². The number of hydrogen-bond donors (Lipinski definition) is 0. The van der Waals surface area contributed by atoms with Crippen molar-refractivity contribution in [2.75, 3.05) is 6.61 Å². The predicted molar refractivity (Wildman–Crippen MR) is 113 cm³/mol. The molecule has 0 atom stereocenters. The zero-order valence-corrected chi connectivity index (χ0v) is 18.8. The summed E-state index contributed by atoms with van der Waals surface area (Å²) < 4.78 is 6.14. The van der Waals surface area contributed by atoms with Crippen LogP contribution >= 0.6 is 0 Å². The van der Waals surface area contributed by atoms with Gasteiger partial charge in [0.1, 0.15) is 0 Å². The van der Waals surface area contributed by atoms with Crippen LogP contribution in [0.25, 0.3) is 0 Å². The second-order valence-corrected chi connectivity index (χ2v) is 13.2. The van der Waals surface area contributed by atoms with Crippen molar-refractivity contribution in [1.82, 2.24) is 0 Å². The number of unbranched alkanes of at least 4 members (excludes halogenated alkanes) is 14. The van der Waals surface area contributed by atoms with E-state index in [1.165, 1.54) is 96.3 Å². The van der Waals surface area contributed by atoms with Gasteiger partial charge in [0.15, 0.2) is 8.32 Å². The number of hydrogen-bond acceptors (Lipinski definition) is 1. The minimum atomic E-state index is -1.39. The topological polar surface area (TPSA) is 9.23 Å². The molecule has 0 aliphatic carbocycles. The second-order valence-electron chi connectivity index (χ2n) is 8.56. The third-order valence-corrected chi connectivity index (χ3v) is 9.34. The summed E-state index contributed by atoms with van der Waals surface area (Å²) in [5, 5.41) is 0. The molecule has 0 spiro atoms. The molecule has 0 aliphatic rings. The lowest BCUT2D eigenvalue weighted by Gasteiger charge is -2.26. The lowest BCUT2D eigenvalue weighted by molar-refractivity contribution is 0.289. The van der Waals surface area contributed by atoms with Crippen LogP contribution < -0.4 is 0 Å². The molecule has 24 heavy (non-hydrogen) atoms. The highest BCUT2D eigenvalue weighted by Crippen LogP contribution is 2.21. The summed E-state index contributed by atoms with van der Waals surface area (Å²) in [5.41, 5.74) is 0.730. The maximum Gasteiger partial charge on any atom is 0.189 e. The van der Waals surface area contributed by atoms with Crippen LogP contribution in [0, 0.1) is 0 Å². The molecule has 1 nitrogen and oxygen atoms in total. The van der Waals surface area contributed by atoms with E-state index in [1.807, 2.05) is 0 Å². The Morgan fingerprint density at radius 1 is 0.583 bits per heavy atom. The molecular weight excluding hydrogens is 308 g/mol. The summed E-state index contributed by atoms with van der Waals surface area (Å²) >= 11 is 0. The molecule has 0 aromatic heterocycles. The highest BCUT2D eigenvalue weighted by molar-refractivity contribution is 6.72.